The highest BCUT2D eigenvalue weighted by Gasteiger charge is 2.15. The summed E-state index contributed by atoms with van der Waals surface area (Å²) >= 11 is 0. The molecule has 9 heavy (non-hydrogen) atoms. The summed E-state index contributed by atoms with van der Waals surface area (Å²) in [6, 6.07) is 0.0197. The van der Waals surface area contributed by atoms with Gasteiger partial charge in [0.2, 0.25) is 5.91 Å². The second-order valence-electron chi connectivity index (χ2n) is 2.34. The monoisotopic (exact) mass is 129 g/mol. The summed E-state index contributed by atoms with van der Waals surface area (Å²) in [5.41, 5.74) is 0. The van der Waals surface area contributed by atoms with E-state index in [1.165, 1.54) is 0 Å². The lowest BCUT2D eigenvalue weighted by atomic mass is 10.1. The summed E-state index contributed by atoms with van der Waals surface area (Å²) < 4.78 is 0. The molecule has 1 aliphatic rings. The van der Waals surface area contributed by atoms with Gasteiger partial charge in [-0.05, 0) is 12.8 Å². The first-order valence-electron chi connectivity index (χ1n) is 3.23. The highest BCUT2D eigenvalue weighted by molar-refractivity contribution is 5.76. The van der Waals surface area contributed by atoms with Gasteiger partial charge in [-0.3, -0.25) is 4.79 Å². The van der Waals surface area contributed by atoms with Crippen molar-refractivity contribution in [3.63, 3.8) is 0 Å². The lowest BCUT2D eigenvalue weighted by Gasteiger charge is -2.20. The lowest BCUT2D eigenvalue weighted by Crippen LogP contribution is -2.40. The maximum Gasteiger partial charge on any atom is 0.220 e. The summed E-state index contributed by atoms with van der Waals surface area (Å²) in [4.78, 5) is 10.6. The minimum atomic E-state index is 0.0197. The molecule has 1 aliphatic heterocycles. The first-order valence-corrected chi connectivity index (χ1v) is 3.23. The highest BCUT2D eigenvalue weighted by atomic mass is 16.3. The van der Waals surface area contributed by atoms with E-state index in [1.807, 2.05) is 0 Å². The van der Waals surface area contributed by atoms with Crippen LogP contribution < -0.4 is 5.32 Å². The van der Waals surface area contributed by atoms with Crippen LogP contribution >= 0.6 is 0 Å². The maximum atomic E-state index is 10.6. The van der Waals surface area contributed by atoms with E-state index < -0.39 is 0 Å². The number of carbonyl (C=O) groups excluding carboxylic acids is 1. The number of hydrogen-bond acceptors (Lipinski definition) is 2. The van der Waals surface area contributed by atoms with Gasteiger partial charge in [0, 0.05) is 6.42 Å². The van der Waals surface area contributed by atoms with Gasteiger partial charge in [-0.25, -0.2) is 0 Å². The van der Waals surface area contributed by atoms with E-state index >= 15 is 0 Å². The van der Waals surface area contributed by atoms with Gasteiger partial charge in [0.25, 0.3) is 0 Å². The minimum Gasteiger partial charge on any atom is -0.394 e. The SMILES string of the molecule is O=C1CCC[C@@H](CO)N1. The van der Waals surface area contributed by atoms with E-state index in [-0.39, 0.29) is 18.6 Å². The Bertz CT molecular complexity index is 114. The topological polar surface area (TPSA) is 49.3 Å². The molecule has 0 radical (unpaired) electrons. The van der Waals surface area contributed by atoms with Gasteiger partial charge >= 0.3 is 0 Å². The van der Waals surface area contributed by atoms with E-state index in [4.69, 9.17) is 5.11 Å². The fourth-order valence-electron chi connectivity index (χ4n) is 1.02. The fourth-order valence-corrected chi connectivity index (χ4v) is 1.02. The third-order valence-corrected chi connectivity index (χ3v) is 1.54. The first kappa shape index (κ1) is 6.55. The van der Waals surface area contributed by atoms with Gasteiger partial charge < -0.3 is 10.4 Å². The van der Waals surface area contributed by atoms with Crippen LogP contribution in [0.3, 0.4) is 0 Å². The van der Waals surface area contributed by atoms with E-state index in [1.54, 1.807) is 0 Å². The van der Waals surface area contributed by atoms with Crippen LogP contribution in [0.1, 0.15) is 19.3 Å². The summed E-state index contributed by atoms with van der Waals surface area (Å²) in [5, 5.41) is 11.3. The molecule has 1 amide bonds. The molecule has 1 heterocycles. The van der Waals surface area contributed by atoms with Gasteiger partial charge in [-0.2, -0.15) is 0 Å². The van der Waals surface area contributed by atoms with E-state index in [0.717, 1.165) is 12.8 Å². The molecule has 0 spiro atoms. The second-order valence-corrected chi connectivity index (χ2v) is 2.34. The molecule has 0 aliphatic carbocycles. The van der Waals surface area contributed by atoms with Crippen LogP contribution in [0, 0.1) is 0 Å². The van der Waals surface area contributed by atoms with Gasteiger partial charge in [-0.15, -0.1) is 0 Å². The van der Waals surface area contributed by atoms with Gasteiger partial charge in [-0.1, -0.05) is 0 Å². The van der Waals surface area contributed by atoms with Crippen molar-refractivity contribution < 1.29 is 9.90 Å². The minimum absolute atomic E-state index is 0.0197. The van der Waals surface area contributed by atoms with Crippen LogP contribution in [0.5, 0.6) is 0 Å². The van der Waals surface area contributed by atoms with E-state index in [9.17, 15) is 4.79 Å². The summed E-state index contributed by atoms with van der Waals surface area (Å²) in [6.07, 6.45) is 2.45. The number of hydrogen-bond donors (Lipinski definition) is 2. The molecule has 3 heteroatoms. The summed E-state index contributed by atoms with van der Waals surface area (Å²) in [5.74, 6) is 0.0697. The number of aliphatic hydroxyl groups excluding tert-OH is 1. The highest BCUT2D eigenvalue weighted by Crippen LogP contribution is 2.06. The van der Waals surface area contributed by atoms with Crippen molar-refractivity contribution in [1.82, 2.24) is 5.32 Å². The molecule has 0 unspecified atom stereocenters. The van der Waals surface area contributed by atoms with Crippen LogP contribution in [-0.4, -0.2) is 23.7 Å². The largest absolute Gasteiger partial charge is 0.394 e. The zero-order chi connectivity index (χ0) is 6.69. The Kier molecular flexibility index (Phi) is 2.05. The van der Waals surface area contributed by atoms with Crippen molar-refractivity contribution >= 4 is 5.91 Å². The van der Waals surface area contributed by atoms with Crippen LogP contribution in [0.25, 0.3) is 0 Å². The third kappa shape index (κ3) is 1.68. The molecule has 0 aromatic heterocycles. The molecule has 0 bridgehead atoms. The van der Waals surface area contributed by atoms with Gasteiger partial charge in [0.15, 0.2) is 0 Å². The molecule has 3 nitrogen and oxygen atoms in total. The van der Waals surface area contributed by atoms with E-state index in [0.29, 0.717) is 6.42 Å². The Morgan fingerprint density at radius 3 is 3.00 bits per heavy atom. The number of nitrogens with one attached hydrogen (secondary N) is 1. The molecule has 0 saturated carbocycles. The molecule has 1 atom stereocenters. The Balaban J connectivity index is 2.32. The van der Waals surface area contributed by atoms with Crippen molar-refractivity contribution in [3.05, 3.63) is 0 Å². The Hall–Kier alpha value is -0.570. The Labute approximate surface area is 54.1 Å². The number of piperidine rings is 1. The molecular formula is C6H11NO2. The molecule has 1 rings (SSSR count). The van der Waals surface area contributed by atoms with Crippen molar-refractivity contribution in [2.24, 2.45) is 0 Å². The maximum absolute atomic E-state index is 10.6. The van der Waals surface area contributed by atoms with Crippen molar-refractivity contribution in [3.8, 4) is 0 Å². The predicted molar refractivity (Wildman–Crippen MR) is 32.9 cm³/mol. The first-order chi connectivity index (χ1) is 4.33. The quantitative estimate of drug-likeness (QED) is 0.508. The molecule has 52 valence electrons. The molecule has 1 saturated heterocycles. The van der Waals surface area contributed by atoms with Crippen molar-refractivity contribution in [2.45, 2.75) is 25.3 Å². The zero-order valence-electron chi connectivity index (χ0n) is 5.26. The predicted octanol–water partition coefficient (Wildman–Crippen LogP) is -0.353. The second kappa shape index (κ2) is 2.82. The van der Waals surface area contributed by atoms with Crippen LogP contribution in [0.4, 0.5) is 0 Å². The Morgan fingerprint density at radius 1 is 1.78 bits per heavy atom. The van der Waals surface area contributed by atoms with Crippen LogP contribution in [0.2, 0.25) is 0 Å². The number of aliphatic hydroxyl groups is 1. The molecule has 1 fully saturated rings. The number of rotatable bonds is 1. The van der Waals surface area contributed by atoms with Gasteiger partial charge in [0.1, 0.15) is 0 Å². The average molecular weight is 129 g/mol. The van der Waals surface area contributed by atoms with Crippen LogP contribution in [0.15, 0.2) is 0 Å². The number of carbonyl (C=O) groups is 1. The summed E-state index contributed by atoms with van der Waals surface area (Å²) in [6.45, 7) is 0.0751. The molecule has 0 aromatic rings. The van der Waals surface area contributed by atoms with Crippen molar-refractivity contribution in [2.75, 3.05) is 6.61 Å². The van der Waals surface area contributed by atoms with Crippen molar-refractivity contribution in [1.29, 1.82) is 0 Å². The molecular weight excluding hydrogens is 118 g/mol. The summed E-state index contributed by atoms with van der Waals surface area (Å²) in [7, 11) is 0. The fraction of sp³-hybridized carbons (Fsp3) is 0.833. The zero-order valence-corrected chi connectivity index (χ0v) is 5.26. The average Bonchev–Trinajstić information content (AvgIpc) is 1.88. The van der Waals surface area contributed by atoms with Gasteiger partial charge in [0.05, 0.1) is 12.6 Å². The van der Waals surface area contributed by atoms with Crippen LogP contribution in [-0.2, 0) is 4.79 Å². The molecule has 2 N–H and O–H groups in total. The number of amides is 1. The standard InChI is InChI=1S/C6H11NO2/c8-4-5-2-1-3-6(9)7-5/h5,8H,1-4H2,(H,7,9)/t5-/m0/s1. The Morgan fingerprint density at radius 2 is 2.56 bits per heavy atom. The lowest BCUT2D eigenvalue weighted by molar-refractivity contribution is -0.123. The molecule has 0 aromatic carbocycles. The third-order valence-electron chi connectivity index (χ3n) is 1.54. The van der Waals surface area contributed by atoms with E-state index in [2.05, 4.69) is 5.32 Å². The normalized spacial score (nSPS) is 27.7. The smallest absolute Gasteiger partial charge is 0.220 e.